The second kappa shape index (κ2) is 6.29. The van der Waals surface area contributed by atoms with Gasteiger partial charge in [-0.15, -0.1) is 0 Å². The quantitative estimate of drug-likeness (QED) is 0.509. The summed E-state index contributed by atoms with van der Waals surface area (Å²) in [4.78, 5) is 21.0. The van der Waals surface area contributed by atoms with Crippen LogP contribution < -0.4 is 11.2 Å². The predicted octanol–water partition coefficient (Wildman–Crippen LogP) is 2.02. The molecule has 2 aromatic rings. The normalized spacial score (nSPS) is 11.0. The van der Waals surface area contributed by atoms with Crippen molar-refractivity contribution >= 4 is 17.4 Å². The number of hydrogen-bond donors (Lipinski definition) is 2. The third-order valence-corrected chi connectivity index (χ3v) is 2.68. The molecule has 2 rings (SSSR count). The Bertz CT molecular complexity index is 681. The number of primary amides is 1. The van der Waals surface area contributed by atoms with Crippen LogP contribution in [0.3, 0.4) is 0 Å². The molecule has 106 valence electrons. The molecule has 21 heavy (non-hydrogen) atoms. The fraction of sp³-hybridized carbons (Fsp3) is 0. The van der Waals surface area contributed by atoms with Gasteiger partial charge in [-0.3, -0.25) is 10.1 Å². The number of rotatable bonds is 4. The van der Waals surface area contributed by atoms with Crippen molar-refractivity contribution in [3.63, 3.8) is 0 Å². The average Bonchev–Trinajstić information content (AvgIpc) is 2.49. The lowest BCUT2D eigenvalue weighted by Gasteiger charge is -2.07. The van der Waals surface area contributed by atoms with E-state index in [1.165, 1.54) is 12.1 Å². The van der Waals surface area contributed by atoms with Gasteiger partial charge in [0.05, 0.1) is 10.6 Å². The van der Waals surface area contributed by atoms with Crippen LogP contribution in [0.15, 0.2) is 59.7 Å². The standard InChI is InChI=1S/C14H12N4O3/c15-14(19)17-16-13(10-4-2-1-3-5-10)11-6-8-12(9-7-11)18(20)21/h1-9H,(H3,15,17,19)/b16-13+. The van der Waals surface area contributed by atoms with E-state index in [0.29, 0.717) is 11.3 Å². The largest absolute Gasteiger partial charge is 0.350 e. The molecule has 0 radical (unpaired) electrons. The van der Waals surface area contributed by atoms with Crippen LogP contribution in [0.25, 0.3) is 0 Å². The third-order valence-electron chi connectivity index (χ3n) is 2.68. The zero-order chi connectivity index (χ0) is 15.2. The van der Waals surface area contributed by atoms with Gasteiger partial charge in [-0.2, -0.15) is 5.10 Å². The summed E-state index contributed by atoms with van der Waals surface area (Å²) in [5.41, 5.74) is 9.01. The molecule has 0 fully saturated rings. The number of urea groups is 1. The van der Waals surface area contributed by atoms with Crippen LogP contribution in [0.1, 0.15) is 11.1 Å². The molecule has 0 saturated heterocycles. The van der Waals surface area contributed by atoms with Crippen molar-refractivity contribution in [3.05, 3.63) is 75.8 Å². The summed E-state index contributed by atoms with van der Waals surface area (Å²) in [6, 6.07) is 14.2. The number of nitrogens with two attached hydrogens (primary N) is 1. The van der Waals surface area contributed by atoms with Gasteiger partial charge in [0.15, 0.2) is 0 Å². The van der Waals surface area contributed by atoms with Gasteiger partial charge >= 0.3 is 6.03 Å². The fourth-order valence-electron chi connectivity index (χ4n) is 1.74. The van der Waals surface area contributed by atoms with E-state index in [-0.39, 0.29) is 5.69 Å². The van der Waals surface area contributed by atoms with Gasteiger partial charge in [-0.05, 0) is 12.1 Å². The molecule has 0 atom stereocenters. The van der Waals surface area contributed by atoms with E-state index in [4.69, 9.17) is 5.73 Å². The summed E-state index contributed by atoms with van der Waals surface area (Å²) < 4.78 is 0. The molecule has 0 aliphatic rings. The maximum atomic E-state index is 10.8. The van der Waals surface area contributed by atoms with Crippen molar-refractivity contribution in [3.8, 4) is 0 Å². The van der Waals surface area contributed by atoms with Crippen molar-refractivity contribution in [1.29, 1.82) is 0 Å². The number of nitrogens with one attached hydrogen (secondary N) is 1. The maximum absolute atomic E-state index is 10.8. The molecule has 0 aliphatic carbocycles. The van der Waals surface area contributed by atoms with Crippen LogP contribution in [0.2, 0.25) is 0 Å². The number of carbonyl (C=O) groups excluding carboxylic acids is 1. The van der Waals surface area contributed by atoms with E-state index in [1.807, 2.05) is 30.3 Å². The smallest absolute Gasteiger partial charge is 0.332 e. The zero-order valence-electron chi connectivity index (χ0n) is 10.9. The van der Waals surface area contributed by atoms with Crippen LogP contribution in [-0.2, 0) is 0 Å². The first-order valence-corrected chi connectivity index (χ1v) is 6.01. The molecule has 0 saturated carbocycles. The van der Waals surface area contributed by atoms with Gasteiger partial charge in [0.2, 0.25) is 0 Å². The molecule has 3 N–H and O–H groups in total. The number of nitrogens with zero attached hydrogens (tertiary/aromatic N) is 2. The van der Waals surface area contributed by atoms with E-state index in [1.54, 1.807) is 12.1 Å². The molecule has 7 nitrogen and oxygen atoms in total. The lowest BCUT2D eigenvalue weighted by molar-refractivity contribution is -0.384. The van der Waals surface area contributed by atoms with Gasteiger partial charge in [0.1, 0.15) is 0 Å². The molecule has 0 heterocycles. The Morgan fingerprint density at radius 3 is 2.14 bits per heavy atom. The second-order valence-electron chi connectivity index (χ2n) is 4.11. The van der Waals surface area contributed by atoms with Gasteiger partial charge in [-0.1, -0.05) is 30.3 Å². The van der Waals surface area contributed by atoms with Crippen molar-refractivity contribution in [2.24, 2.45) is 10.8 Å². The van der Waals surface area contributed by atoms with Gasteiger partial charge in [0.25, 0.3) is 5.69 Å². The second-order valence-corrected chi connectivity index (χ2v) is 4.11. The molecular weight excluding hydrogens is 272 g/mol. The summed E-state index contributed by atoms with van der Waals surface area (Å²) in [6.07, 6.45) is 0. The van der Waals surface area contributed by atoms with E-state index in [2.05, 4.69) is 10.5 Å². The minimum absolute atomic E-state index is 0.0194. The molecule has 0 aromatic heterocycles. The first-order valence-electron chi connectivity index (χ1n) is 6.01. The zero-order valence-corrected chi connectivity index (χ0v) is 10.9. The Hall–Kier alpha value is -3.22. The number of carbonyl (C=O) groups is 1. The van der Waals surface area contributed by atoms with Crippen molar-refractivity contribution in [1.82, 2.24) is 5.43 Å². The number of nitro groups is 1. The van der Waals surface area contributed by atoms with Crippen LogP contribution in [-0.4, -0.2) is 16.7 Å². The van der Waals surface area contributed by atoms with E-state index >= 15 is 0 Å². The molecule has 0 aliphatic heterocycles. The number of hydrogen-bond acceptors (Lipinski definition) is 4. The number of non-ortho nitro benzene ring substituents is 1. The lowest BCUT2D eigenvalue weighted by Crippen LogP contribution is -2.26. The molecule has 7 heteroatoms. The first-order chi connectivity index (χ1) is 10.1. The summed E-state index contributed by atoms with van der Waals surface area (Å²) in [5, 5.41) is 14.6. The summed E-state index contributed by atoms with van der Waals surface area (Å²) >= 11 is 0. The Morgan fingerprint density at radius 2 is 1.62 bits per heavy atom. The fourth-order valence-corrected chi connectivity index (χ4v) is 1.74. The highest BCUT2D eigenvalue weighted by Gasteiger charge is 2.10. The van der Waals surface area contributed by atoms with E-state index in [9.17, 15) is 14.9 Å². The Balaban J connectivity index is 2.42. The highest BCUT2D eigenvalue weighted by molar-refractivity contribution is 6.13. The number of hydrazone groups is 1. The van der Waals surface area contributed by atoms with Crippen LogP contribution in [0.4, 0.5) is 10.5 Å². The Labute approximate surface area is 120 Å². The number of nitro benzene ring substituents is 1. The average molecular weight is 284 g/mol. The molecule has 0 spiro atoms. The van der Waals surface area contributed by atoms with Gasteiger partial charge in [0, 0.05) is 23.3 Å². The number of benzene rings is 2. The first kappa shape index (κ1) is 14.2. The van der Waals surface area contributed by atoms with Crippen molar-refractivity contribution in [2.75, 3.05) is 0 Å². The summed E-state index contributed by atoms with van der Waals surface area (Å²) in [5.74, 6) is 0. The SMILES string of the molecule is NC(=O)N/N=C(\c1ccccc1)c1ccc([N+](=O)[O-])cc1. The van der Waals surface area contributed by atoms with Gasteiger partial charge in [-0.25, -0.2) is 10.2 Å². The van der Waals surface area contributed by atoms with E-state index in [0.717, 1.165) is 5.56 Å². The van der Waals surface area contributed by atoms with Crippen LogP contribution in [0.5, 0.6) is 0 Å². The summed E-state index contributed by atoms with van der Waals surface area (Å²) in [7, 11) is 0. The van der Waals surface area contributed by atoms with Crippen molar-refractivity contribution in [2.45, 2.75) is 0 Å². The van der Waals surface area contributed by atoms with Gasteiger partial charge < -0.3 is 5.73 Å². The van der Waals surface area contributed by atoms with Crippen molar-refractivity contribution < 1.29 is 9.72 Å². The minimum atomic E-state index is -0.787. The monoisotopic (exact) mass is 284 g/mol. The molecule has 0 unspecified atom stereocenters. The minimum Gasteiger partial charge on any atom is -0.350 e. The molecule has 2 amide bonds. The summed E-state index contributed by atoms with van der Waals surface area (Å²) in [6.45, 7) is 0. The predicted molar refractivity (Wildman–Crippen MR) is 77.9 cm³/mol. The maximum Gasteiger partial charge on any atom is 0.332 e. The topological polar surface area (TPSA) is 111 Å². The van der Waals surface area contributed by atoms with Crippen LogP contribution in [0, 0.1) is 10.1 Å². The molecule has 2 aromatic carbocycles. The highest BCUT2D eigenvalue weighted by atomic mass is 16.6. The molecule has 0 bridgehead atoms. The third kappa shape index (κ3) is 3.63. The van der Waals surface area contributed by atoms with Crippen LogP contribution >= 0.6 is 0 Å². The molecular formula is C14H12N4O3. The Morgan fingerprint density at radius 1 is 1.05 bits per heavy atom. The van der Waals surface area contributed by atoms with E-state index < -0.39 is 11.0 Å². The number of amides is 2. The lowest BCUT2D eigenvalue weighted by atomic mass is 10.0. The Kier molecular flexibility index (Phi) is 4.25. The highest BCUT2D eigenvalue weighted by Crippen LogP contribution is 2.15.